The number of halogens is 3. The predicted octanol–water partition coefficient (Wildman–Crippen LogP) is 3.29. The molecule has 1 aliphatic rings. The molecule has 1 amide bonds. The fourth-order valence-electron chi connectivity index (χ4n) is 3.28. The maximum atomic E-state index is 13.5. The van der Waals surface area contributed by atoms with Crippen molar-refractivity contribution in [3.8, 4) is 0 Å². The first-order chi connectivity index (χ1) is 14.3. The molecule has 0 bridgehead atoms. The summed E-state index contributed by atoms with van der Waals surface area (Å²) in [5, 5.41) is 2.53. The van der Waals surface area contributed by atoms with E-state index in [9.17, 15) is 18.0 Å². The van der Waals surface area contributed by atoms with E-state index >= 15 is 0 Å². The summed E-state index contributed by atoms with van der Waals surface area (Å²) in [6, 6.07) is 6.62. The van der Waals surface area contributed by atoms with Gasteiger partial charge in [-0.1, -0.05) is 0 Å². The van der Waals surface area contributed by atoms with Crippen LogP contribution in [0.1, 0.15) is 27.2 Å². The third-order valence-corrected chi connectivity index (χ3v) is 4.74. The van der Waals surface area contributed by atoms with E-state index < -0.39 is 17.6 Å². The van der Waals surface area contributed by atoms with Gasteiger partial charge in [0.15, 0.2) is 0 Å². The predicted molar refractivity (Wildman–Crippen MR) is 105 cm³/mol. The average molecular weight is 414 g/mol. The van der Waals surface area contributed by atoms with Crippen molar-refractivity contribution >= 4 is 23.2 Å². The highest BCUT2D eigenvalue weighted by Gasteiger charge is 2.32. The zero-order chi connectivity index (χ0) is 21.3. The van der Waals surface area contributed by atoms with Crippen LogP contribution in [0.3, 0.4) is 0 Å². The first-order valence-corrected chi connectivity index (χ1v) is 9.08. The summed E-state index contributed by atoms with van der Waals surface area (Å²) in [5.74, 6) is -0.372. The zero-order valence-corrected chi connectivity index (χ0v) is 15.6. The molecule has 0 aliphatic carbocycles. The van der Waals surface area contributed by atoms with E-state index in [0.717, 1.165) is 23.4 Å². The van der Waals surface area contributed by atoms with Crippen LogP contribution in [0.15, 0.2) is 48.9 Å². The molecule has 1 aromatic carbocycles. The third kappa shape index (κ3) is 4.17. The number of carbonyl (C=O) groups excluding carboxylic acids is 1. The number of nitrogens with one attached hydrogen (secondary N) is 1. The van der Waals surface area contributed by atoms with Crippen LogP contribution in [0.25, 0.3) is 0 Å². The van der Waals surface area contributed by atoms with E-state index in [0.29, 0.717) is 25.2 Å². The maximum absolute atomic E-state index is 13.5. The molecule has 0 saturated carbocycles. The molecule has 0 saturated heterocycles. The van der Waals surface area contributed by atoms with Crippen molar-refractivity contribution in [2.75, 3.05) is 22.5 Å². The van der Waals surface area contributed by atoms with Crippen molar-refractivity contribution in [1.29, 1.82) is 0 Å². The Morgan fingerprint density at radius 1 is 1.20 bits per heavy atom. The number of alkyl halides is 3. The summed E-state index contributed by atoms with van der Waals surface area (Å²) in [7, 11) is 0. The van der Waals surface area contributed by atoms with Crippen molar-refractivity contribution in [2.24, 2.45) is 0 Å². The molecule has 1 aliphatic heterocycles. The summed E-state index contributed by atoms with van der Waals surface area (Å²) in [6.45, 7) is 0.799. The maximum Gasteiger partial charge on any atom is 0.416 e. The molecule has 0 spiro atoms. The SMILES string of the molecule is Nc1ncc2c(n1)CCN(c1cc(NC(=O)c3cccnc3)cc(C(F)(F)F)c1)C2. The monoisotopic (exact) mass is 414 g/mol. The summed E-state index contributed by atoms with van der Waals surface area (Å²) in [4.78, 5) is 26.2. The minimum Gasteiger partial charge on any atom is -0.368 e. The Morgan fingerprint density at radius 2 is 2.03 bits per heavy atom. The van der Waals surface area contributed by atoms with Gasteiger partial charge < -0.3 is 16.0 Å². The number of hydrogen-bond donors (Lipinski definition) is 2. The summed E-state index contributed by atoms with van der Waals surface area (Å²) >= 11 is 0. The van der Waals surface area contributed by atoms with Crippen LogP contribution in [-0.2, 0) is 19.1 Å². The van der Waals surface area contributed by atoms with Crippen molar-refractivity contribution in [1.82, 2.24) is 15.0 Å². The molecular formula is C20H17F3N6O. The molecule has 10 heteroatoms. The first kappa shape index (κ1) is 19.6. The Kier molecular flexibility index (Phi) is 4.98. The molecule has 30 heavy (non-hydrogen) atoms. The standard InChI is InChI=1S/C20H17F3N6O/c21-20(22,23)14-6-15(27-18(30)12-2-1-4-25-9-12)8-16(7-14)29-5-3-17-13(11-29)10-26-19(24)28-17/h1-2,4,6-10H,3,5,11H2,(H,27,30)(H2,24,26,28). The zero-order valence-electron chi connectivity index (χ0n) is 15.6. The molecule has 3 aromatic rings. The van der Waals surface area contributed by atoms with Gasteiger partial charge in [-0.2, -0.15) is 13.2 Å². The number of nitrogens with zero attached hydrogens (tertiary/aromatic N) is 4. The van der Waals surface area contributed by atoms with Gasteiger partial charge in [-0.05, 0) is 30.3 Å². The van der Waals surface area contributed by atoms with Gasteiger partial charge in [-0.25, -0.2) is 9.97 Å². The summed E-state index contributed by atoms with van der Waals surface area (Å²) in [5.41, 5.74) is 6.98. The topological polar surface area (TPSA) is 97.0 Å². The molecule has 0 atom stereocenters. The van der Waals surface area contributed by atoms with Crippen LogP contribution in [0, 0.1) is 0 Å². The molecule has 3 N–H and O–H groups in total. The second-order valence-corrected chi connectivity index (χ2v) is 6.83. The molecule has 7 nitrogen and oxygen atoms in total. The second kappa shape index (κ2) is 7.62. The largest absolute Gasteiger partial charge is 0.416 e. The lowest BCUT2D eigenvalue weighted by atomic mass is 10.1. The number of nitrogens with two attached hydrogens (primary N) is 1. The molecule has 154 valence electrons. The van der Waals surface area contributed by atoms with Gasteiger partial charge in [0, 0.05) is 55.0 Å². The van der Waals surface area contributed by atoms with Crippen LogP contribution in [0.2, 0.25) is 0 Å². The fraction of sp³-hybridized carbons (Fsp3) is 0.200. The lowest BCUT2D eigenvalue weighted by Crippen LogP contribution is -2.31. The third-order valence-electron chi connectivity index (χ3n) is 4.74. The van der Waals surface area contributed by atoms with E-state index in [1.54, 1.807) is 17.2 Å². The number of benzene rings is 1. The molecule has 4 rings (SSSR count). The molecular weight excluding hydrogens is 397 g/mol. The number of anilines is 3. The van der Waals surface area contributed by atoms with Gasteiger partial charge in [0.05, 0.1) is 16.8 Å². The minimum atomic E-state index is -4.56. The van der Waals surface area contributed by atoms with Gasteiger partial charge in [0.1, 0.15) is 0 Å². The average Bonchev–Trinajstić information content (AvgIpc) is 2.73. The van der Waals surface area contributed by atoms with Gasteiger partial charge in [0.25, 0.3) is 5.91 Å². The van der Waals surface area contributed by atoms with Crippen LogP contribution >= 0.6 is 0 Å². The van der Waals surface area contributed by atoms with E-state index in [2.05, 4.69) is 20.3 Å². The number of pyridine rings is 1. The van der Waals surface area contributed by atoms with Crippen molar-refractivity contribution in [3.63, 3.8) is 0 Å². The number of amides is 1. The number of fused-ring (bicyclic) bond motifs is 1. The summed E-state index contributed by atoms with van der Waals surface area (Å²) in [6.07, 6.45) is 0.398. The van der Waals surface area contributed by atoms with Gasteiger partial charge >= 0.3 is 6.18 Å². The van der Waals surface area contributed by atoms with Crippen molar-refractivity contribution in [3.05, 3.63) is 71.3 Å². The van der Waals surface area contributed by atoms with E-state index in [1.165, 1.54) is 24.5 Å². The number of aromatic nitrogens is 3. The number of nitrogen functional groups attached to an aromatic ring is 1. The van der Waals surface area contributed by atoms with Gasteiger partial charge in [0.2, 0.25) is 5.95 Å². The van der Waals surface area contributed by atoms with Crippen LogP contribution in [-0.4, -0.2) is 27.4 Å². The fourth-order valence-corrected chi connectivity index (χ4v) is 3.28. The quantitative estimate of drug-likeness (QED) is 0.683. The number of hydrogen-bond acceptors (Lipinski definition) is 6. The Bertz CT molecular complexity index is 1090. The minimum absolute atomic E-state index is 0.0491. The smallest absolute Gasteiger partial charge is 0.368 e. The molecule has 3 heterocycles. The van der Waals surface area contributed by atoms with E-state index in [-0.39, 0.29) is 17.2 Å². The Morgan fingerprint density at radius 3 is 2.77 bits per heavy atom. The molecule has 2 aromatic heterocycles. The first-order valence-electron chi connectivity index (χ1n) is 9.08. The normalized spacial score (nSPS) is 13.6. The highest BCUT2D eigenvalue weighted by atomic mass is 19.4. The van der Waals surface area contributed by atoms with E-state index in [1.807, 2.05) is 0 Å². The Labute approximate surface area is 169 Å². The molecule has 0 fully saturated rings. The summed E-state index contributed by atoms with van der Waals surface area (Å²) < 4.78 is 40.5. The van der Waals surface area contributed by atoms with Crippen LogP contribution in [0.4, 0.5) is 30.5 Å². The van der Waals surface area contributed by atoms with Crippen LogP contribution in [0.5, 0.6) is 0 Å². The van der Waals surface area contributed by atoms with Crippen molar-refractivity contribution < 1.29 is 18.0 Å². The number of carbonyl (C=O) groups is 1. The second-order valence-electron chi connectivity index (χ2n) is 6.83. The number of rotatable bonds is 3. The van der Waals surface area contributed by atoms with E-state index in [4.69, 9.17) is 5.73 Å². The van der Waals surface area contributed by atoms with Crippen molar-refractivity contribution in [2.45, 2.75) is 19.1 Å². The Hall–Kier alpha value is -3.69. The highest BCUT2D eigenvalue weighted by Crippen LogP contribution is 2.35. The van der Waals surface area contributed by atoms with Crippen LogP contribution < -0.4 is 16.0 Å². The highest BCUT2D eigenvalue weighted by molar-refractivity contribution is 6.04. The molecule has 0 radical (unpaired) electrons. The Balaban J connectivity index is 1.65. The van der Waals surface area contributed by atoms with Gasteiger partial charge in [-0.3, -0.25) is 9.78 Å². The lowest BCUT2D eigenvalue weighted by molar-refractivity contribution is -0.137. The lowest BCUT2D eigenvalue weighted by Gasteiger charge is -2.30. The van der Waals surface area contributed by atoms with Gasteiger partial charge in [-0.15, -0.1) is 0 Å². The molecule has 0 unspecified atom stereocenters.